The number of hydrogen-bond donors (Lipinski definition) is 2. The third-order valence-electron chi connectivity index (χ3n) is 4.11. The summed E-state index contributed by atoms with van der Waals surface area (Å²) in [4.78, 5) is 23.4. The SMILES string of the molecule is CNC(=O)Cc1ccc(NC(=O)COc2ccc(C(C)C)c(C)c2)cc1. The van der Waals surface area contributed by atoms with Crippen molar-refractivity contribution in [1.82, 2.24) is 5.32 Å². The number of anilines is 1. The van der Waals surface area contributed by atoms with Crippen LogP contribution in [0.3, 0.4) is 0 Å². The molecule has 2 aromatic carbocycles. The maximum Gasteiger partial charge on any atom is 0.262 e. The van der Waals surface area contributed by atoms with Crippen molar-refractivity contribution in [2.75, 3.05) is 19.0 Å². The topological polar surface area (TPSA) is 67.4 Å². The van der Waals surface area contributed by atoms with E-state index in [2.05, 4.69) is 24.5 Å². The van der Waals surface area contributed by atoms with Crippen LogP contribution in [0.15, 0.2) is 42.5 Å². The Hall–Kier alpha value is -2.82. The van der Waals surface area contributed by atoms with E-state index in [0.717, 1.165) is 11.1 Å². The van der Waals surface area contributed by atoms with Gasteiger partial charge in [-0.15, -0.1) is 0 Å². The van der Waals surface area contributed by atoms with Gasteiger partial charge in [0.05, 0.1) is 6.42 Å². The maximum atomic E-state index is 12.1. The van der Waals surface area contributed by atoms with Gasteiger partial charge in [-0.1, -0.05) is 32.0 Å². The molecule has 2 amide bonds. The molecular formula is C21H26N2O3. The Balaban J connectivity index is 1.87. The highest BCUT2D eigenvalue weighted by molar-refractivity contribution is 5.92. The third-order valence-corrected chi connectivity index (χ3v) is 4.11. The Bertz CT molecular complexity index is 767. The largest absolute Gasteiger partial charge is 0.484 e. The summed E-state index contributed by atoms with van der Waals surface area (Å²) in [5.41, 5.74) is 3.99. The fraction of sp³-hybridized carbons (Fsp3) is 0.333. The molecule has 2 aromatic rings. The van der Waals surface area contributed by atoms with E-state index in [4.69, 9.17) is 4.74 Å². The van der Waals surface area contributed by atoms with Crippen LogP contribution in [-0.2, 0) is 16.0 Å². The van der Waals surface area contributed by atoms with Crippen molar-refractivity contribution in [3.8, 4) is 5.75 Å². The normalized spacial score (nSPS) is 10.5. The van der Waals surface area contributed by atoms with Crippen LogP contribution in [0.2, 0.25) is 0 Å². The molecule has 0 bridgehead atoms. The zero-order valence-corrected chi connectivity index (χ0v) is 15.8. The maximum absolute atomic E-state index is 12.1. The Kier molecular flexibility index (Phi) is 6.78. The Morgan fingerprint density at radius 3 is 2.31 bits per heavy atom. The van der Waals surface area contributed by atoms with Gasteiger partial charge in [-0.3, -0.25) is 9.59 Å². The summed E-state index contributed by atoms with van der Waals surface area (Å²) in [6.45, 7) is 6.29. The number of nitrogens with one attached hydrogen (secondary N) is 2. The van der Waals surface area contributed by atoms with Crippen molar-refractivity contribution in [2.24, 2.45) is 0 Å². The Labute approximate surface area is 154 Å². The molecule has 0 saturated carbocycles. The summed E-state index contributed by atoms with van der Waals surface area (Å²) in [6, 6.07) is 13.1. The van der Waals surface area contributed by atoms with E-state index in [9.17, 15) is 9.59 Å². The van der Waals surface area contributed by atoms with Gasteiger partial charge in [-0.05, 0) is 53.8 Å². The number of carbonyl (C=O) groups is 2. The van der Waals surface area contributed by atoms with Gasteiger partial charge in [0.25, 0.3) is 5.91 Å². The zero-order valence-electron chi connectivity index (χ0n) is 15.8. The number of amides is 2. The molecule has 0 saturated heterocycles. The van der Waals surface area contributed by atoms with Crippen LogP contribution >= 0.6 is 0 Å². The fourth-order valence-corrected chi connectivity index (χ4v) is 2.71. The molecular weight excluding hydrogens is 328 g/mol. The molecule has 0 fully saturated rings. The van der Waals surface area contributed by atoms with E-state index in [1.807, 2.05) is 37.3 Å². The molecule has 0 unspecified atom stereocenters. The molecule has 0 atom stereocenters. The van der Waals surface area contributed by atoms with Crippen LogP contribution in [0.4, 0.5) is 5.69 Å². The van der Waals surface area contributed by atoms with Crippen LogP contribution in [0.5, 0.6) is 5.75 Å². The zero-order chi connectivity index (χ0) is 19.1. The van der Waals surface area contributed by atoms with E-state index < -0.39 is 0 Å². The summed E-state index contributed by atoms with van der Waals surface area (Å²) >= 11 is 0. The lowest BCUT2D eigenvalue weighted by Crippen LogP contribution is -2.21. The standard InChI is InChI=1S/C21H26N2O3/c1-14(2)19-10-9-18(11-15(19)3)26-13-21(25)23-17-7-5-16(6-8-17)12-20(24)22-4/h5-11,14H,12-13H2,1-4H3,(H,22,24)(H,23,25). The first-order valence-electron chi connectivity index (χ1n) is 8.71. The molecule has 2 N–H and O–H groups in total. The van der Waals surface area contributed by atoms with Crippen LogP contribution in [0.1, 0.15) is 36.5 Å². The molecule has 0 aliphatic rings. The van der Waals surface area contributed by atoms with E-state index in [1.165, 1.54) is 5.56 Å². The van der Waals surface area contributed by atoms with Gasteiger partial charge in [0, 0.05) is 12.7 Å². The summed E-state index contributed by atoms with van der Waals surface area (Å²) < 4.78 is 5.58. The number of hydrogen-bond acceptors (Lipinski definition) is 3. The molecule has 0 radical (unpaired) electrons. The molecule has 5 nitrogen and oxygen atoms in total. The van der Waals surface area contributed by atoms with Crippen LogP contribution in [-0.4, -0.2) is 25.5 Å². The number of ether oxygens (including phenoxy) is 1. The number of carbonyl (C=O) groups excluding carboxylic acids is 2. The quantitative estimate of drug-likeness (QED) is 0.800. The molecule has 0 spiro atoms. The predicted molar refractivity (Wildman–Crippen MR) is 104 cm³/mol. The van der Waals surface area contributed by atoms with Gasteiger partial charge in [-0.25, -0.2) is 0 Å². The molecule has 138 valence electrons. The summed E-state index contributed by atoms with van der Waals surface area (Å²) in [5, 5.41) is 5.37. The molecule has 0 aromatic heterocycles. The Morgan fingerprint density at radius 2 is 1.73 bits per heavy atom. The predicted octanol–water partition coefficient (Wildman–Crippen LogP) is 3.42. The van der Waals surface area contributed by atoms with Gasteiger partial charge in [0.1, 0.15) is 5.75 Å². The molecule has 0 heterocycles. The number of rotatable bonds is 7. The van der Waals surface area contributed by atoms with Crippen molar-refractivity contribution in [3.05, 3.63) is 59.2 Å². The smallest absolute Gasteiger partial charge is 0.262 e. The second-order valence-electron chi connectivity index (χ2n) is 6.56. The highest BCUT2D eigenvalue weighted by atomic mass is 16.5. The summed E-state index contributed by atoms with van der Waals surface area (Å²) in [5.74, 6) is 0.866. The minimum atomic E-state index is -0.227. The summed E-state index contributed by atoms with van der Waals surface area (Å²) in [7, 11) is 1.61. The first-order valence-corrected chi connectivity index (χ1v) is 8.71. The van der Waals surface area contributed by atoms with Crippen LogP contribution < -0.4 is 15.4 Å². The second kappa shape index (κ2) is 9.04. The lowest BCUT2D eigenvalue weighted by Gasteiger charge is -2.12. The van der Waals surface area contributed by atoms with Crippen molar-refractivity contribution in [1.29, 1.82) is 0 Å². The van der Waals surface area contributed by atoms with Crippen molar-refractivity contribution >= 4 is 17.5 Å². The Morgan fingerprint density at radius 1 is 1.04 bits per heavy atom. The number of benzene rings is 2. The highest BCUT2D eigenvalue weighted by Gasteiger charge is 2.08. The van der Waals surface area contributed by atoms with Crippen LogP contribution in [0, 0.1) is 6.92 Å². The van der Waals surface area contributed by atoms with Gasteiger partial charge in [0.15, 0.2) is 6.61 Å². The highest BCUT2D eigenvalue weighted by Crippen LogP contribution is 2.23. The first kappa shape index (κ1) is 19.5. The van der Waals surface area contributed by atoms with Crippen molar-refractivity contribution in [3.63, 3.8) is 0 Å². The molecule has 5 heteroatoms. The number of aryl methyl sites for hydroxylation is 1. The van der Waals surface area contributed by atoms with Crippen LogP contribution in [0.25, 0.3) is 0 Å². The van der Waals surface area contributed by atoms with Gasteiger partial charge in [0.2, 0.25) is 5.91 Å². The average molecular weight is 354 g/mol. The fourth-order valence-electron chi connectivity index (χ4n) is 2.71. The van der Waals surface area contributed by atoms with E-state index in [1.54, 1.807) is 19.2 Å². The third kappa shape index (κ3) is 5.62. The van der Waals surface area contributed by atoms with Crippen molar-refractivity contribution in [2.45, 2.75) is 33.1 Å². The van der Waals surface area contributed by atoms with Gasteiger partial charge < -0.3 is 15.4 Å². The average Bonchev–Trinajstić information content (AvgIpc) is 2.61. The molecule has 26 heavy (non-hydrogen) atoms. The molecule has 2 rings (SSSR count). The minimum absolute atomic E-state index is 0.0473. The lowest BCUT2D eigenvalue weighted by atomic mass is 9.98. The summed E-state index contributed by atoms with van der Waals surface area (Å²) in [6.07, 6.45) is 0.319. The second-order valence-corrected chi connectivity index (χ2v) is 6.56. The minimum Gasteiger partial charge on any atom is -0.484 e. The molecule has 0 aliphatic carbocycles. The monoisotopic (exact) mass is 354 g/mol. The lowest BCUT2D eigenvalue weighted by molar-refractivity contribution is -0.120. The van der Waals surface area contributed by atoms with E-state index in [-0.39, 0.29) is 18.4 Å². The van der Waals surface area contributed by atoms with E-state index >= 15 is 0 Å². The van der Waals surface area contributed by atoms with Gasteiger partial charge >= 0.3 is 0 Å². The van der Waals surface area contributed by atoms with Crippen molar-refractivity contribution < 1.29 is 14.3 Å². The number of likely N-dealkylation sites (N-methyl/N-ethyl adjacent to an activating group) is 1. The van der Waals surface area contributed by atoms with Gasteiger partial charge in [-0.2, -0.15) is 0 Å². The first-order chi connectivity index (χ1) is 12.4. The van der Waals surface area contributed by atoms with E-state index in [0.29, 0.717) is 23.8 Å². The molecule has 0 aliphatic heterocycles.